The van der Waals surface area contributed by atoms with Crippen molar-refractivity contribution in [3.05, 3.63) is 92.6 Å². The quantitative estimate of drug-likeness (QED) is 0.359. The van der Waals surface area contributed by atoms with Crippen molar-refractivity contribution in [2.75, 3.05) is 7.11 Å². The molecular weight excluding hydrogens is 483 g/mol. The Morgan fingerprint density at radius 1 is 0.970 bits per heavy atom. The Morgan fingerprint density at radius 3 is 2.48 bits per heavy atom. The minimum Gasteiger partial charge on any atom is -0.493 e. The van der Waals surface area contributed by atoms with E-state index >= 15 is 0 Å². The van der Waals surface area contributed by atoms with E-state index in [1.165, 1.54) is 4.90 Å². The summed E-state index contributed by atoms with van der Waals surface area (Å²) in [4.78, 5) is 30.8. The van der Waals surface area contributed by atoms with Crippen molar-refractivity contribution in [2.45, 2.75) is 13.2 Å². The number of aromatic nitrogens is 1. The Morgan fingerprint density at radius 2 is 1.76 bits per heavy atom. The van der Waals surface area contributed by atoms with Crippen LogP contribution in [0, 0.1) is 0 Å². The molecular formula is C24H18Cl2N2O4S. The highest BCUT2D eigenvalue weighted by molar-refractivity contribution is 8.18. The summed E-state index contributed by atoms with van der Waals surface area (Å²) in [6, 6.07) is 14.1. The Labute approximate surface area is 205 Å². The van der Waals surface area contributed by atoms with Crippen LogP contribution in [0.4, 0.5) is 4.79 Å². The Balaban J connectivity index is 1.49. The second kappa shape index (κ2) is 10.3. The lowest BCUT2D eigenvalue weighted by molar-refractivity contribution is -0.123. The summed E-state index contributed by atoms with van der Waals surface area (Å²) in [5, 5.41) is 0.438. The zero-order valence-electron chi connectivity index (χ0n) is 17.5. The molecule has 6 nitrogen and oxygen atoms in total. The van der Waals surface area contributed by atoms with Gasteiger partial charge in [0, 0.05) is 12.4 Å². The number of nitrogens with zero attached hydrogens (tertiary/aromatic N) is 2. The lowest BCUT2D eigenvalue weighted by Gasteiger charge is -2.13. The number of hydrogen-bond donors (Lipinski definition) is 0. The summed E-state index contributed by atoms with van der Waals surface area (Å²) in [6.07, 6.45) is 5.07. The van der Waals surface area contributed by atoms with Gasteiger partial charge in [-0.05, 0) is 70.9 Å². The van der Waals surface area contributed by atoms with Crippen LogP contribution < -0.4 is 9.47 Å². The van der Waals surface area contributed by atoms with Crippen LogP contribution in [-0.4, -0.2) is 28.1 Å². The molecule has 0 spiro atoms. The normalized spacial score (nSPS) is 14.8. The van der Waals surface area contributed by atoms with Gasteiger partial charge in [-0.2, -0.15) is 0 Å². The first-order valence-electron chi connectivity index (χ1n) is 9.83. The number of halogens is 2. The predicted octanol–water partition coefficient (Wildman–Crippen LogP) is 6.21. The number of hydrogen-bond acceptors (Lipinski definition) is 6. The van der Waals surface area contributed by atoms with Crippen LogP contribution in [0.5, 0.6) is 11.5 Å². The Kier molecular flexibility index (Phi) is 7.23. The molecule has 2 amide bonds. The van der Waals surface area contributed by atoms with Crippen molar-refractivity contribution < 1.29 is 19.1 Å². The molecule has 33 heavy (non-hydrogen) atoms. The van der Waals surface area contributed by atoms with Gasteiger partial charge in [-0.15, -0.1) is 0 Å². The molecule has 1 saturated heterocycles. The van der Waals surface area contributed by atoms with Gasteiger partial charge in [0.25, 0.3) is 11.1 Å². The van der Waals surface area contributed by atoms with Gasteiger partial charge in [0.1, 0.15) is 6.61 Å². The Hall–Kier alpha value is -3.00. The van der Waals surface area contributed by atoms with Gasteiger partial charge in [-0.3, -0.25) is 19.5 Å². The fraction of sp³-hybridized carbons (Fsp3) is 0.125. The first-order valence-corrected chi connectivity index (χ1v) is 11.4. The van der Waals surface area contributed by atoms with Crippen molar-refractivity contribution >= 4 is 52.2 Å². The minimum atomic E-state index is -0.368. The van der Waals surface area contributed by atoms with E-state index in [0.29, 0.717) is 44.2 Å². The number of carbonyl (C=O) groups excluding carboxylic acids is 2. The van der Waals surface area contributed by atoms with Gasteiger partial charge in [0.15, 0.2) is 11.5 Å². The summed E-state index contributed by atoms with van der Waals surface area (Å²) in [5.74, 6) is 0.722. The van der Waals surface area contributed by atoms with E-state index in [2.05, 4.69) is 4.98 Å². The maximum atomic E-state index is 12.9. The van der Waals surface area contributed by atoms with Crippen LogP contribution >= 0.6 is 35.0 Å². The van der Waals surface area contributed by atoms with Crippen LogP contribution in [0.25, 0.3) is 6.08 Å². The van der Waals surface area contributed by atoms with E-state index in [1.54, 1.807) is 62.0 Å². The molecule has 3 aromatic rings. The molecule has 0 saturated carbocycles. The maximum Gasteiger partial charge on any atom is 0.293 e. The molecule has 2 heterocycles. The predicted molar refractivity (Wildman–Crippen MR) is 130 cm³/mol. The van der Waals surface area contributed by atoms with E-state index in [9.17, 15) is 9.59 Å². The van der Waals surface area contributed by atoms with E-state index in [0.717, 1.165) is 17.3 Å². The minimum absolute atomic E-state index is 0.115. The number of ether oxygens (including phenoxy) is 2. The molecule has 0 N–H and O–H groups in total. The van der Waals surface area contributed by atoms with Gasteiger partial charge in [-0.1, -0.05) is 35.3 Å². The highest BCUT2D eigenvalue weighted by Crippen LogP contribution is 2.36. The monoisotopic (exact) mass is 500 g/mol. The van der Waals surface area contributed by atoms with Gasteiger partial charge in [0.2, 0.25) is 0 Å². The van der Waals surface area contributed by atoms with E-state index in [4.69, 9.17) is 32.7 Å². The largest absolute Gasteiger partial charge is 0.493 e. The van der Waals surface area contributed by atoms with Crippen LogP contribution in [0.15, 0.2) is 65.8 Å². The van der Waals surface area contributed by atoms with Gasteiger partial charge in [0.05, 0.1) is 28.6 Å². The zero-order chi connectivity index (χ0) is 23.4. The molecule has 0 bridgehead atoms. The average molecular weight is 501 g/mol. The second-order valence-corrected chi connectivity index (χ2v) is 8.88. The third-order valence-corrected chi connectivity index (χ3v) is 6.47. The van der Waals surface area contributed by atoms with Gasteiger partial charge >= 0.3 is 0 Å². The summed E-state index contributed by atoms with van der Waals surface area (Å²) < 4.78 is 11.3. The summed E-state index contributed by atoms with van der Waals surface area (Å²) in [7, 11) is 1.55. The standard InChI is InChI=1S/C24H18Cl2N2O4S/c1-31-21-11-16(3-5-20(21)32-14-15-6-8-27-9-7-15)12-22-23(29)28(24(30)33-22)13-17-2-4-18(25)19(26)10-17/h2-12H,13-14H2,1H3/b22-12+. The smallest absolute Gasteiger partial charge is 0.293 e. The topological polar surface area (TPSA) is 68.7 Å². The fourth-order valence-corrected chi connectivity index (χ4v) is 4.30. The molecule has 9 heteroatoms. The van der Waals surface area contributed by atoms with E-state index in [-0.39, 0.29) is 17.7 Å². The molecule has 1 fully saturated rings. The second-order valence-electron chi connectivity index (χ2n) is 7.07. The van der Waals surface area contributed by atoms with Crippen molar-refractivity contribution in [1.82, 2.24) is 9.88 Å². The van der Waals surface area contributed by atoms with Crippen molar-refractivity contribution in [2.24, 2.45) is 0 Å². The fourth-order valence-electron chi connectivity index (χ4n) is 3.14. The van der Waals surface area contributed by atoms with Crippen molar-refractivity contribution in [1.29, 1.82) is 0 Å². The number of benzene rings is 2. The van der Waals surface area contributed by atoms with Crippen LogP contribution in [-0.2, 0) is 17.9 Å². The molecule has 2 aromatic carbocycles. The molecule has 1 aliphatic heterocycles. The van der Waals surface area contributed by atoms with E-state index < -0.39 is 0 Å². The third kappa shape index (κ3) is 5.50. The van der Waals surface area contributed by atoms with Gasteiger partial charge < -0.3 is 9.47 Å². The molecule has 4 rings (SSSR count). The number of thioether (sulfide) groups is 1. The number of pyridine rings is 1. The molecule has 0 unspecified atom stereocenters. The lowest BCUT2D eigenvalue weighted by atomic mass is 10.1. The van der Waals surface area contributed by atoms with Crippen molar-refractivity contribution in [3.8, 4) is 11.5 Å². The lowest BCUT2D eigenvalue weighted by Crippen LogP contribution is -2.27. The number of methoxy groups -OCH3 is 1. The van der Waals surface area contributed by atoms with Crippen LogP contribution in [0.1, 0.15) is 16.7 Å². The van der Waals surface area contributed by atoms with Crippen LogP contribution in [0.3, 0.4) is 0 Å². The molecule has 168 valence electrons. The molecule has 0 aliphatic carbocycles. The highest BCUT2D eigenvalue weighted by Gasteiger charge is 2.35. The zero-order valence-corrected chi connectivity index (χ0v) is 19.8. The van der Waals surface area contributed by atoms with Crippen molar-refractivity contribution in [3.63, 3.8) is 0 Å². The number of carbonyl (C=O) groups is 2. The number of imide groups is 1. The first kappa shape index (κ1) is 23.2. The Bertz CT molecular complexity index is 1230. The SMILES string of the molecule is COc1cc(/C=C2/SC(=O)N(Cc3ccc(Cl)c(Cl)c3)C2=O)ccc1OCc1ccncc1. The first-order chi connectivity index (χ1) is 15.9. The van der Waals surface area contributed by atoms with Crippen LogP contribution in [0.2, 0.25) is 10.0 Å². The van der Waals surface area contributed by atoms with Gasteiger partial charge in [-0.25, -0.2) is 0 Å². The number of rotatable bonds is 7. The summed E-state index contributed by atoms with van der Waals surface area (Å²) in [5.41, 5.74) is 2.40. The number of amides is 2. The third-order valence-electron chi connectivity index (χ3n) is 4.83. The summed E-state index contributed by atoms with van der Waals surface area (Å²) >= 11 is 12.9. The molecule has 1 aliphatic rings. The molecule has 0 radical (unpaired) electrons. The van der Waals surface area contributed by atoms with E-state index in [1.807, 2.05) is 12.1 Å². The molecule has 0 atom stereocenters. The highest BCUT2D eigenvalue weighted by atomic mass is 35.5. The molecule has 1 aromatic heterocycles. The average Bonchev–Trinajstić information content (AvgIpc) is 3.08. The maximum absolute atomic E-state index is 12.9. The summed E-state index contributed by atoms with van der Waals surface area (Å²) in [6.45, 7) is 0.482.